The molecule has 0 bridgehead atoms. The lowest BCUT2D eigenvalue weighted by atomic mass is 10.1. The third-order valence-corrected chi connectivity index (χ3v) is 3.83. The van der Waals surface area contributed by atoms with Crippen molar-refractivity contribution in [2.24, 2.45) is 0 Å². The zero-order chi connectivity index (χ0) is 19.3. The fourth-order valence-corrected chi connectivity index (χ4v) is 2.54. The van der Waals surface area contributed by atoms with Gasteiger partial charge in [0.15, 0.2) is 0 Å². The first-order valence-corrected chi connectivity index (χ1v) is 7.85. The molecule has 136 valence electrons. The number of amides is 1. The van der Waals surface area contributed by atoms with Crippen molar-refractivity contribution in [3.05, 3.63) is 68.3 Å². The number of hydrogen-bond acceptors (Lipinski definition) is 6. The highest BCUT2D eigenvalue weighted by molar-refractivity contribution is 5.95. The largest absolute Gasteiger partial charge is 0.360 e. The van der Waals surface area contributed by atoms with Crippen LogP contribution in [0.25, 0.3) is 0 Å². The van der Waals surface area contributed by atoms with Gasteiger partial charge in [0.25, 0.3) is 11.4 Å². The summed E-state index contributed by atoms with van der Waals surface area (Å²) in [7, 11) is 1.51. The minimum absolute atomic E-state index is 0.125. The summed E-state index contributed by atoms with van der Waals surface area (Å²) in [5.41, 5.74) is 0.981. The molecule has 0 radical (unpaired) electrons. The average Bonchev–Trinajstić information content (AvgIpc) is 2.61. The van der Waals surface area contributed by atoms with Crippen molar-refractivity contribution in [2.75, 3.05) is 23.8 Å². The van der Waals surface area contributed by atoms with Gasteiger partial charge in [0.05, 0.1) is 22.5 Å². The van der Waals surface area contributed by atoms with Crippen molar-refractivity contribution in [3.8, 4) is 0 Å². The molecule has 2 aromatic rings. The lowest BCUT2D eigenvalue weighted by Gasteiger charge is -2.19. The zero-order valence-electron chi connectivity index (χ0n) is 14.3. The van der Waals surface area contributed by atoms with E-state index in [1.807, 2.05) is 19.1 Å². The monoisotopic (exact) mass is 358 g/mol. The zero-order valence-corrected chi connectivity index (χ0v) is 14.3. The summed E-state index contributed by atoms with van der Waals surface area (Å²) in [6, 6.07) is 10.7. The second kappa shape index (κ2) is 8.06. The number of nitrogens with zero attached hydrogens (tertiary/aromatic N) is 3. The second-order valence-corrected chi connectivity index (χ2v) is 5.60. The first-order valence-electron chi connectivity index (χ1n) is 7.85. The molecule has 0 heterocycles. The lowest BCUT2D eigenvalue weighted by molar-refractivity contribution is -0.393. The molecule has 0 aliphatic heterocycles. The number of rotatable bonds is 7. The van der Waals surface area contributed by atoms with E-state index in [9.17, 15) is 25.0 Å². The summed E-state index contributed by atoms with van der Waals surface area (Å²) >= 11 is 0. The summed E-state index contributed by atoms with van der Waals surface area (Å²) in [5, 5.41) is 24.8. The number of likely N-dealkylation sites (N-methyl/N-ethyl adjacent to an activating group) is 1. The summed E-state index contributed by atoms with van der Waals surface area (Å²) in [6.45, 7) is 1.83. The van der Waals surface area contributed by atoms with Gasteiger partial charge in [0.1, 0.15) is 5.69 Å². The van der Waals surface area contributed by atoms with Crippen LogP contribution >= 0.6 is 0 Å². The smallest absolute Gasteiger partial charge is 0.299 e. The molecule has 2 rings (SSSR count). The van der Waals surface area contributed by atoms with Gasteiger partial charge >= 0.3 is 0 Å². The number of nitro groups is 2. The van der Waals surface area contributed by atoms with E-state index in [1.54, 1.807) is 12.1 Å². The van der Waals surface area contributed by atoms with E-state index in [2.05, 4.69) is 5.32 Å². The number of carbonyl (C=O) groups is 1. The van der Waals surface area contributed by atoms with Gasteiger partial charge in [-0.1, -0.05) is 25.1 Å². The van der Waals surface area contributed by atoms with Crippen LogP contribution in [-0.2, 0) is 11.2 Å². The quantitative estimate of drug-likeness (QED) is 0.600. The third kappa shape index (κ3) is 4.32. The van der Waals surface area contributed by atoms with Crippen molar-refractivity contribution >= 4 is 28.7 Å². The van der Waals surface area contributed by atoms with Crippen LogP contribution in [0.1, 0.15) is 12.5 Å². The molecule has 0 fully saturated rings. The number of non-ortho nitro benzene ring substituents is 1. The van der Waals surface area contributed by atoms with Gasteiger partial charge in [-0.3, -0.25) is 25.0 Å². The fraction of sp³-hybridized carbons (Fsp3) is 0.235. The first-order chi connectivity index (χ1) is 12.3. The molecule has 0 saturated carbocycles. The van der Waals surface area contributed by atoms with Gasteiger partial charge in [-0.05, 0) is 24.1 Å². The van der Waals surface area contributed by atoms with E-state index in [1.165, 1.54) is 24.1 Å². The Morgan fingerprint density at radius 1 is 1.12 bits per heavy atom. The van der Waals surface area contributed by atoms with Gasteiger partial charge in [-0.25, -0.2) is 0 Å². The predicted octanol–water partition coefficient (Wildman–Crippen LogP) is 3.14. The van der Waals surface area contributed by atoms with Crippen molar-refractivity contribution < 1.29 is 14.6 Å². The molecule has 1 amide bonds. The molecule has 0 aromatic heterocycles. The van der Waals surface area contributed by atoms with E-state index in [0.717, 1.165) is 18.1 Å². The molecular formula is C17H18N4O5. The van der Waals surface area contributed by atoms with Crippen molar-refractivity contribution in [3.63, 3.8) is 0 Å². The van der Waals surface area contributed by atoms with Crippen LogP contribution < -0.4 is 10.2 Å². The molecule has 9 heteroatoms. The molecule has 1 N–H and O–H groups in total. The van der Waals surface area contributed by atoms with E-state index >= 15 is 0 Å². The minimum Gasteiger partial charge on any atom is -0.360 e. The molecule has 26 heavy (non-hydrogen) atoms. The number of nitro benzene ring substituents is 2. The molecule has 0 spiro atoms. The third-order valence-electron chi connectivity index (χ3n) is 3.83. The molecular weight excluding hydrogens is 340 g/mol. The lowest BCUT2D eigenvalue weighted by Crippen LogP contribution is -2.30. The Balaban J connectivity index is 2.18. The summed E-state index contributed by atoms with van der Waals surface area (Å²) < 4.78 is 0. The fourth-order valence-electron chi connectivity index (χ4n) is 2.54. The molecule has 0 aliphatic rings. The average molecular weight is 358 g/mol. The van der Waals surface area contributed by atoms with Crippen LogP contribution in [0.4, 0.5) is 22.7 Å². The van der Waals surface area contributed by atoms with Gasteiger partial charge in [0, 0.05) is 18.8 Å². The highest BCUT2D eigenvalue weighted by Crippen LogP contribution is 2.31. The summed E-state index contributed by atoms with van der Waals surface area (Å²) in [6.07, 6.45) is 0.750. The highest BCUT2D eigenvalue weighted by Gasteiger charge is 2.23. The Kier molecular flexibility index (Phi) is 5.84. The highest BCUT2D eigenvalue weighted by atomic mass is 16.6. The topological polar surface area (TPSA) is 119 Å². The number of carbonyl (C=O) groups excluding carboxylic acids is 1. The van der Waals surface area contributed by atoms with E-state index in [4.69, 9.17) is 0 Å². The Morgan fingerprint density at radius 2 is 1.81 bits per heavy atom. The number of nitrogens with one attached hydrogen (secondary N) is 1. The molecule has 0 atom stereocenters. The van der Waals surface area contributed by atoms with Crippen LogP contribution in [0.15, 0.2) is 42.5 Å². The van der Waals surface area contributed by atoms with Crippen molar-refractivity contribution in [1.82, 2.24) is 0 Å². The van der Waals surface area contributed by atoms with Crippen LogP contribution in [0.5, 0.6) is 0 Å². The Labute approximate surface area is 149 Å². The summed E-state index contributed by atoms with van der Waals surface area (Å²) in [5.74, 6) is -0.346. The standard InChI is InChI=1S/C17H18N4O5/c1-3-12-6-4-5-7-14(12)18-17(22)11-19(2)15-9-8-13(20(23)24)10-16(15)21(25)26/h4-10H,3,11H2,1-2H3,(H,18,22). The van der Waals surface area contributed by atoms with Crippen molar-refractivity contribution in [1.29, 1.82) is 0 Å². The molecule has 0 unspecified atom stereocenters. The van der Waals surface area contributed by atoms with Gasteiger partial charge < -0.3 is 10.2 Å². The van der Waals surface area contributed by atoms with E-state index in [0.29, 0.717) is 5.69 Å². The van der Waals surface area contributed by atoms with E-state index in [-0.39, 0.29) is 23.8 Å². The van der Waals surface area contributed by atoms with Gasteiger partial charge in [0.2, 0.25) is 5.91 Å². The van der Waals surface area contributed by atoms with Crippen LogP contribution in [0.3, 0.4) is 0 Å². The van der Waals surface area contributed by atoms with Crippen LogP contribution in [0, 0.1) is 20.2 Å². The Morgan fingerprint density at radius 3 is 2.42 bits per heavy atom. The summed E-state index contributed by atoms with van der Waals surface area (Å²) in [4.78, 5) is 34.3. The second-order valence-electron chi connectivity index (χ2n) is 5.60. The number of aryl methyl sites for hydroxylation is 1. The molecule has 9 nitrogen and oxygen atoms in total. The Hall–Kier alpha value is -3.49. The number of para-hydroxylation sites is 1. The molecule has 0 saturated heterocycles. The van der Waals surface area contributed by atoms with Crippen molar-refractivity contribution in [2.45, 2.75) is 13.3 Å². The van der Waals surface area contributed by atoms with Gasteiger partial charge in [-0.2, -0.15) is 0 Å². The number of benzene rings is 2. The minimum atomic E-state index is -0.705. The maximum Gasteiger partial charge on any atom is 0.299 e. The molecule has 2 aromatic carbocycles. The van der Waals surface area contributed by atoms with Crippen LogP contribution in [0.2, 0.25) is 0 Å². The molecule has 0 aliphatic carbocycles. The number of anilines is 2. The first kappa shape index (κ1) is 18.8. The van der Waals surface area contributed by atoms with Gasteiger partial charge in [-0.15, -0.1) is 0 Å². The SMILES string of the molecule is CCc1ccccc1NC(=O)CN(C)c1ccc([N+](=O)[O-])cc1[N+](=O)[O-]. The van der Waals surface area contributed by atoms with Crippen LogP contribution in [-0.4, -0.2) is 29.3 Å². The number of hydrogen-bond donors (Lipinski definition) is 1. The van der Waals surface area contributed by atoms with E-state index < -0.39 is 15.5 Å². The Bertz CT molecular complexity index is 853. The predicted molar refractivity (Wildman–Crippen MR) is 97.5 cm³/mol. The maximum absolute atomic E-state index is 12.3. The normalized spacial score (nSPS) is 10.2. The maximum atomic E-state index is 12.3.